The number of aromatic nitrogens is 2. The van der Waals surface area contributed by atoms with E-state index in [0.717, 1.165) is 0 Å². The highest BCUT2D eigenvalue weighted by Crippen LogP contribution is 2.23. The molecule has 2 aromatic rings. The van der Waals surface area contributed by atoms with Gasteiger partial charge in [0.15, 0.2) is 0 Å². The molecule has 5 nitrogen and oxygen atoms in total. The summed E-state index contributed by atoms with van der Waals surface area (Å²) >= 11 is 3.29. The summed E-state index contributed by atoms with van der Waals surface area (Å²) in [5, 5.41) is 10.4. The van der Waals surface area contributed by atoms with Crippen molar-refractivity contribution in [3.63, 3.8) is 0 Å². The summed E-state index contributed by atoms with van der Waals surface area (Å²) in [6.07, 6.45) is 1.58. The number of carbonyl (C=O) groups excluding carboxylic acids is 1. The van der Waals surface area contributed by atoms with E-state index in [-0.39, 0.29) is 5.91 Å². The van der Waals surface area contributed by atoms with Crippen molar-refractivity contribution in [2.45, 2.75) is 6.54 Å². The first kappa shape index (κ1) is 12.5. The Morgan fingerprint density at radius 2 is 2.17 bits per heavy atom. The van der Waals surface area contributed by atoms with Crippen LogP contribution in [-0.2, 0) is 6.54 Å². The van der Waals surface area contributed by atoms with Crippen LogP contribution >= 0.6 is 15.9 Å². The fourth-order valence-electron chi connectivity index (χ4n) is 1.42. The molecular formula is C12H11BrN4O. The Balaban J connectivity index is 2.07. The maximum atomic E-state index is 11.9. The second-order valence-corrected chi connectivity index (χ2v) is 4.40. The van der Waals surface area contributed by atoms with Crippen molar-refractivity contribution in [3.05, 3.63) is 52.3 Å². The fourth-order valence-corrected chi connectivity index (χ4v) is 1.86. The van der Waals surface area contributed by atoms with Crippen LogP contribution in [0.5, 0.6) is 0 Å². The smallest absolute Gasteiger partial charge is 0.252 e. The SMILES string of the molecule is Nc1cccc(C(=O)NCc2cccnn2)c1Br. The van der Waals surface area contributed by atoms with E-state index in [4.69, 9.17) is 5.73 Å². The number of halogens is 1. The molecule has 0 spiro atoms. The van der Waals surface area contributed by atoms with Crippen LogP contribution in [0.4, 0.5) is 5.69 Å². The van der Waals surface area contributed by atoms with E-state index in [2.05, 4.69) is 31.4 Å². The minimum absolute atomic E-state index is 0.208. The highest BCUT2D eigenvalue weighted by Gasteiger charge is 2.11. The average Bonchev–Trinajstić information content (AvgIpc) is 2.40. The highest BCUT2D eigenvalue weighted by atomic mass is 79.9. The summed E-state index contributed by atoms with van der Waals surface area (Å²) in [5.74, 6) is -0.208. The van der Waals surface area contributed by atoms with Crippen LogP contribution in [0.15, 0.2) is 41.0 Å². The van der Waals surface area contributed by atoms with Crippen LogP contribution < -0.4 is 11.1 Å². The Morgan fingerprint density at radius 1 is 1.33 bits per heavy atom. The number of nitrogen functional groups attached to an aromatic ring is 1. The standard InChI is InChI=1S/C12H11BrN4O/c13-11-9(4-1-5-10(11)14)12(18)15-7-8-3-2-6-16-17-8/h1-6H,7,14H2,(H,15,18). The molecule has 0 aliphatic heterocycles. The van der Waals surface area contributed by atoms with Crippen LogP contribution in [0.1, 0.15) is 16.1 Å². The van der Waals surface area contributed by atoms with Crippen molar-refractivity contribution >= 4 is 27.5 Å². The molecule has 0 radical (unpaired) electrons. The van der Waals surface area contributed by atoms with Gasteiger partial charge in [0.05, 0.1) is 22.3 Å². The first-order valence-electron chi connectivity index (χ1n) is 5.27. The molecule has 0 fully saturated rings. The molecule has 1 heterocycles. The summed E-state index contributed by atoms with van der Waals surface area (Å²) in [7, 11) is 0. The van der Waals surface area contributed by atoms with Gasteiger partial charge in [-0.15, -0.1) is 0 Å². The molecule has 92 valence electrons. The normalized spacial score (nSPS) is 10.1. The Hall–Kier alpha value is -1.95. The molecule has 18 heavy (non-hydrogen) atoms. The van der Waals surface area contributed by atoms with Crippen molar-refractivity contribution < 1.29 is 4.79 Å². The van der Waals surface area contributed by atoms with Gasteiger partial charge >= 0.3 is 0 Å². The third-order valence-corrected chi connectivity index (χ3v) is 3.22. The first-order valence-corrected chi connectivity index (χ1v) is 6.06. The molecule has 6 heteroatoms. The Labute approximate surface area is 113 Å². The molecule has 0 aliphatic carbocycles. The number of rotatable bonds is 3. The number of hydrogen-bond acceptors (Lipinski definition) is 4. The van der Waals surface area contributed by atoms with E-state index in [1.807, 2.05) is 0 Å². The third-order valence-electron chi connectivity index (χ3n) is 2.33. The van der Waals surface area contributed by atoms with Crippen molar-refractivity contribution in [1.29, 1.82) is 0 Å². The van der Waals surface area contributed by atoms with Gasteiger partial charge in [-0.25, -0.2) is 0 Å². The van der Waals surface area contributed by atoms with Crippen LogP contribution in [0, 0.1) is 0 Å². The molecule has 2 rings (SSSR count). The van der Waals surface area contributed by atoms with Crippen LogP contribution in [0.2, 0.25) is 0 Å². The van der Waals surface area contributed by atoms with Crippen LogP contribution in [0.3, 0.4) is 0 Å². The van der Waals surface area contributed by atoms with Gasteiger partial charge in [0, 0.05) is 11.9 Å². The lowest BCUT2D eigenvalue weighted by atomic mass is 10.2. The minimum Gasteiger partial charge on any atom is -0.398 e. The molecule has 0 aliphatic rings. The highest BCUT2D eigenvalue weighted by molar-refractivity contribution is 9.10. The first-order chi connectivity index (χ1) is 8.68. The monoisotopic (exact) mass is 306 g/mol. The maximum absolute atomic E-state index is 11.9. The molecule has 0 saturated carbocycles. The van der Waals surface area contributed by atoms with Gasteiger partial charge in [-0.2, -0.15) is 10.2 Å². The average molecular weight is 307 g/mol. The fraction of sp³-hybridized carbons (Fsp3) is 0.0833. The molecule has 3 N–H and O–H groups in total. The Morgan fingerprint density at radius 3 is 2.89 bits per heavy atom. The number of carbonyl (C=O) groups is 1. The van der Waals surface area contributed by atoms with Crippen molar-refractivity contribution in [1.82, 2.24) is 15.5 Å². The molecule has 0 bridgehead atoms. The Bertz CT molecular complexity index is 559. The van der Waals surface area contributed by atoms with Gasteiger partial charge in [0.25, 0.3) is 5.91 Å². The van der Waals surface area contributed by atoms with Gasteiger partial charge in [0.2, 0.25) is 0 Å². The van der Waals surface area contributed by atoms with Gasteiger partial charge in [-0.05, 0) is 40.2 Å². The van der Waals surface area contributed by atoms with Crippen molar-refractivity contribution in [2.75, 3.05) is 5.73 Å². The summed E-state index contributed by atoms with van der Waals surface area (Å²) in [4.78, 5) is 11.9. The van der Waals surface area contributed by atoms with E-state index >= 15 is 0 Å². The van der Waals surface area contributed by atoms with Crippen LogP contribution in [-0.4, -0.2) is 16.1 Å². The second-order valence-electron chi connectivity index (χ2n) is 3.61. The van der Waals surface area contributed by atoms with E-state index in [9.17, 15) is 4.79 Å². The molecule has 0 saturated heterocycles. The number of anilines is 1. The van der Waals surface area contributed by atoms with E-state index < -0.39 is 0 Å². The van der Waals surface area contributed by atoms with Gasteiger partial charge in [-0.3, -0.25) is 4.79 Å². The summed E-state index contributed by atoms with van der Waals surface area (Å²) in [6.45, 7) is 0.327. The van der Waals surface area contributed by atoms with E-state index in [0.29, 0.717) is 28.0 Å². The van der Waals surface area contributed by atoms with E-state index in [1.165, 1.54) is 0 Å². The zero-order chi connectivity index (χ0) is 13.0. The zero-order valence-corrected chi connectivity index (χ0v) is 11.0. The summed E-state index contributed by atoms with van der Waals surface area (Å²) in [6, 6.07) is 8.72. The number of nitrogens with two attached hydrogens (primary N) is 1. The molecule has 1 amide bonds. The Kier molecular flexibility index (Phi) is 3.88. The van der Waals surface area contributed by atoms with E-state index in [1.54, 1.807) is 36.5 Å². The quantitative estimate of drug-likeness (QED) is 0.847. The number of nitrogens with zero attached hydrogens (tertiary/aromatic N) is 2. The predicted octanol–water partition coefficient (Wildman–Crippen LogP) is 1.75. The molecule has 1 aromatic heterocycles. The second kappa shape index (κ2) is 5.59. The summed E-state index contributed by atoms with van der Waals surface area (Å²) in [5.41, 5.74) is 7.45. The molecular weight excluding hydrogens is 296 g/mol. The van der Waals surface area contributed by atoms with Gasteiger partial charge < -0.3 is 11.1 Å². The predicted molar refractivity (Wildman–Crippen MR) is 71.8 cm³/mol. The van der Waals surface area contributed by atoms with Crippen LogP contribution in [0.25, 0.3) is 0 Å². The van der Waals surface area contributed by atoms with Crippen molar-refractivity contribution in [3.8, 4) is 0 Å². The number of nitrogens with one attached hydrogen (secondary N) is 1. The maximum Gasteiger partial charge on any atom is 0.252 e. The molecule has 1 aromatic carbocycles. The lowest BCUT2D eigenvalue weighted by molar-refractivity contribution is 0.0949. The third kappa shape index (κ3) is 2.84. The lowest BCUT2D eigenvalue weighted by Gasteiger charge is -2.07. The number of amides is 1. The zero-order valence-electron chi connectivity index (χ0n) is 9.43. The lowest BCUT2D eigenvalue weighted by Crippen LogP contribution is -2.24. The summed E-state index contributed by atoms with van der Waals surface area (Å²) < 4.78 is 0.599. The molecule has 0 atom stereocenters. The van der Waals surface area contributed by atoms with Crippen molar-refractivity contribution in [2.24, 2.45) is 0 Å². The topological polar surface area (TPSA) is 80.9 Å². The van der Waals surface area contributed by atoms with Gasteiger partial charge in [0.1, 0.15) is 0 Å². The van der Waals surface area contributed by atoms with Gasteiger partial charge in [-0.1, -0.05) is 6.07 Å². The molecule has 0 unspecified atom stereocenters. The number of hydrogen-bond donors (Lipinski definition) is 2. The number of benzene rings is 1. The minimum atomic E-state index is -0.208. The largest absolute Gasteiger partial charge is 0.398 e.